The van der Waals surface area contributed by atoms with Crippen molar-refractivity contribution in [1.29, 1.82) is 0 Å². The number of aromatic nitrogens is 1. The van der Waals surface area contributed by atoms with Gasteiger partial charge in [-0.25, -0.2) is 9.78 Å². The number of ether oxygens (including phenoxy) is 3. The van der Waals surface area contributed by atoms with Crippen molar-refractivity contribution in [2.24, 2.45) is 0 Å². The van der Waals surface area contributed by atoms with Crippen molar-refractivity contribution < 1.29 is 27.8 Å². The van der Waals surface area contributed by atoms with E-state index in [2.05, 4.69) is 14.5 Å². The lowest BCUT2D eigenvalue weighted by atomic mass is 10.2. The van der Waals surface area contributed by atoms with Gasteiger partial charge in [-0.3, -0.25) is 0 Å². The van der Waals surface area contributed by atoms with Gasteiger partial charge in [0.25, 0.3) is 0 Å². The quantitative estimate of drug-likeness (QED) is 0.316. The average Bonchev–Trinajstić information content (AvgIpc) is 3.18. The molecule has 0 aliphatic rings. The first-order valence-corrected chi connectivity index (χ1v) is 10.2. The van der Waals surface area contributed by atoms with Crippen molar-refractivity contribution in [3.63, 3.8) is 0 Å². The summed E-state index contributed by atoms with van der Waals surface area (Å²) in [5.74, 6) is -0.444. The number of carbonyl (C=O) groups excluding carboxylic acids is 1. The standard InChI is InChI=1S/C23H17F2NO4S/c1-2-28-22(27)23(24,25)30-17-10-8-15(9-11-17)21-26-19-13-12-18(14-20(19)31-21)29-16-6-4-3-5-7-16/h3-14H,2H2,1H3. The molecule has 5 nitrogen and oxygen atoms in total. The topological polar surface area (TPSA) is 57.7 Å². The normalized spacial score (nSPS) is 11.3. The zero-order valence-corrected chi connectivity index (χ0v) is 17.2. The lowest BCUT2D eigenvalue weighted by molar-refractivity contribution is -0.216. The second-order valence-corrected chi connectivity index (χ2v) is 7.46. The molecule has 0 fully saturated rings. The molecule has 8 heteroatoms. The van der Waals surface area contributed by atoms with Gasteiger partial charge in [0.1, 0.15) is 22.3 Å². The molecule has 4 aromatic rings. The molecule has 0 N–H and O–H groups in total. The highest BCUT2D eigenvalue weighted by Crippen LogP contribution is 2.34. The third-order valence-corrected chi connectivity index (χ3v) is 5.27. The van der Waals surface area contributed by atoms with Gasteiger partial charge in [0, 0.05) is 11.6 Å². The van der Waals surface area contributed by atoms with Gasteiger partial charge in [-0.2, -0.15) is 8.78 Å². The molecule has 0 aliphatic heterocycles. The Hall–Kier alpha value is -3.52. The second-order valence-electron chi connectivity index (χ2n) is 6.43. The molecule has 3 aromatic carbocycles. The van der Waals surface area contributed by atoms with Gasteiger partial charge in [0.05, 0.1) is 16.8 Å². The van der Waals surface area contributed by atoms with E-state index in [1.54, 1.807) is 12.1 Å². The van der Waals surface area contributed by atoms with Crippen LogP contribution in [0.1, 0.15) is 6.92 Å². The number of esters is 1. The minimum Gasteiger partial charge on any atom is -0.459 e. The fourth-order valence-electron chi connectivity index (χ4n) is 2.79. The summed E-state index contributed by atoms with van der Waals surface area (Å²) in [5, 5.41) is 0.718. The van der Waals surface area contributed by atoms with E-state index in [0.29, 0.717) is 5.75 Å². The second kappa shape index (κ2) is 8.69. The van der Waals surface area contributed by atoms with Crippen LogP contribution in [-0.4, -0.2) is 23.7 Å². The predicted octanol–water partition coefficient (Wildman–Crippen LogP) is 6.29. The van der Waals surface area contributed by atoms with E-state index in [4.69, 9.17) is 4.74 Å². The van der Waals surface area contributed by atoms with Crippen LogP contribution < -0.4 is 9.47 Å². The van der Waals surface area contributed by atoms with E-state index in [1.807, 2.05) is 48.5 Å². The number of alkyl halides is 2. The molecular formula is C23H17F2NO4S. The Labute approximate surface area is 180 Å². The van der Waals surface area contributed by atoms with Crippen LogP contribution in [0.15, 0.2) is 72.8 Å². The van der Waals surface area contributed by atoms with Gasteiger partial charge in [0.15, 0.2) is 0 Å². The molecular weight excluding hydrogens is 424 g/mol. The maximum absolute atomic E-state index is 13.7. The van der Waals surface area contributed by atoms with E-state index < -0.39 is 12.1 Å². The first-order valence-electron chi connectivity index (χ1n) is 9.42. The third kappa shape index (κ3) is 4.80. The van der Waals surface area contributed by atoms with E-state index in [9.17, 15) is 13.6 Å². The minimum atomic E-state index is -4.05. The van der Waals surface area contributed by atoms with Crippen LogP contribution >= 0.6 is 11.3 Å². The Morgan fingerprint density at radius 2 is 1.68 bits per heavy atom. The van der Waals surface area contributed by atoms with Crippen molar-refractivity contribution in [3.05, 3.63) is 72.8 Å². The highest BCUT2D eigenvalue weighted by Gasteiger charge is 2.44. The molecule has 158 valence electrons. The molecule has 1 heterocycles. The molecule has 4 rings (SSSR count). The van der Waals surface area contributed by atoms with Crippen LogP contribution in [0.5, 0.6) is 17.2 Å². The van der Waals surface area contributed by atoms with Gasteiger partial charge in [0.2, 0.25) is 0 Å². The number of carbonyl (C=O) groups is 1. The van der Waals surface area contributed by atoms with Gasteiger partial charge in [-0.05, 0) is 55.5 Å². The zero-order chi connectivity index (χ0) is 21.8. The molecule has 1 aromatic heterocycles. The highest BCUT2D eigenvalue weighted by molar-refractivity contribution is 7.21. The van der Waals surface area contributed by atoms with E-state index in [-0.39, 0.29) is 12.4 Å². The summed E-state index contributed by atoms with van der Waals surface area (Å²) in [6, 6.07) is 21.0. The SMILES string of the molecule is CCOC(=O)C(F)(F)Oc1ccc(-c2nc3ccc(Oc4ccccc4)cc3s2)cc1. The number of hydrogen-bond donors (Lipinski definition) is 0. The Balaban J connectivity index is 1.51. The van der Waals surface area contributed by atoms with Crippen LogP contribution in [0.2, 0.25) is 0 Å². The molecule has 0 aliphatic carbocycles. The van der Waals surface area contributed by atoms with Crippen molar-refractivity contribution in [3.8, 4) is 27.8 Å². The smallest absolute Gasteiger partial charge is 0.459 e. The summed E-state index contributed by atoms with van der Waals surface area (Å²) < 4.78 is 43.1. The van der Waals surface area contributed by atoms with Gasteiger partial charge < -0.3 is 14.2 Å². The molecule has 0 bridgehead atoms. The molecule has 0 atom stereocenters. The first-order chi connectivity index (χ1) is 14.9. The lowest BCUT2D eigenvalue weighted by Gasteiger charge is -2.15. The van der Waals surface area contributed by atoms with Crippen LogP contribution in [0, 0.1) is 0 Å². The van der Waals surface area contributed by atoms with E-state index in [0.717, 1.165) is 26.5 Å². The minimum absolute atomic E-state index is 0.151. The van der Waals surface area contributed by atoms with E-state index >= 15 is 0 Å². The van der Waals surface area contributed by atoms with Crippen LogP contribution in [-0.2, 0) is 9.53 Å². The highest BCUT2D eigenvalue weighted by atomic mass is 32.1. The molecule has 0 saturated heterocycles. The van der Waals surface area contributed by atoms with Crippen LogP contribution in [0.25, 0.3) is 20.8 Å². The molecule has 0 amide bonds. The number of fused-ring (bicyclic) bond motifs is 1. The van der Waals surface area contributed by atoms with Gasteiger partial charge in [-0.1, -0.05) is 18.2 Å². The van der Waals surface area contributed by atoms with Crippen molar-refractivity contribution in [1.82, 2.24) is 4.98 Å². The molecule has 0 radical (unpaired) electrons. The number of benzene rings is 3. The number of para-hydroxylation sites is 1. The summed E-state index contributed by atoms with van der Waals surface area (Å²) in [4.78, 5) is 15.9. The Morgan fingerprint density at radius 1 is 0.968 bits per heavy atom. The maximum atomic E-state index is 13.7. The summed E-state index contributed by atoms with van der Waals surface area (Å²) in [7, 11) is 0. The number of hydrogen-bond acceptors (Lipinski definition) is 6. The fraction of sp³-hybridized carbons (Fsp3) is 0.130. The van der Waals surface area contributed by atoms with Gasteiger partial charge >= 0.3 is 12.1 Å². The molecule has 0 saturated carbocycles. The monoisotopic (exact) mass is 441 g/mol. The summed E-state index contributed by atoms with van der Waals surface area (Å²) in [5.41, 5.74) is 1.54. The number of halogens is 2. The molecule has 31 heavy (non-hydrogen) atoms. The lowest BCUT2D eigenvalue weighted by Crippen LogP contribution is -2.36. The van der Waals surface area contributed by atoms with Gasteiger partial charge in [-0.15, -0.1) is 11.3 Å². The summed E-state index contributed by atoms with van der Waals surface area (Å²) in [6.45, 7) is 1.28. The third-order valence-electron chi connectivity index (χ3n) is 4.20. The number of rotatable bonds is 7. The van der Waals surface area contributed by atoms with Crippen molar-refractivity contribution in [2.75, 3.05) is 6.61 Å². The molecule has 0 unspecified atom stereocenters. The van der Waals surface area contributed by atoms with E-state index in [1.165, 1.54) is 30.4 Å². The summed E-state index contributed by atoms with van der Waals surface area (Å²) >= 11 is 1.45. The molecule has 0 spiro atoms. The van der Waals surface area contributed by atoms with Crippen molar-refractivity contribution in [2.45, 2.75) is 13.0 Å². The van der Waals surface area contributed by atoms with Crippen LogP contribution in [0.3, 0.4) is 0 Å². The first kappa shape index (κ1) is 20.7. The average molecular weight is 441 g/mol. The Morgan fingerprint density at radius 3 is 2.39 bits per heavy atom. The Kier molecular flexibility index (Phi) is 5.81. The summed E-state index contributed by atoms with van der Waals surface area (Å²) in [6.07, 6.45) is -4.05. The Bertz CT molecular complexity index is 1190. The number of nitrogens with zero attached hydrogens (tertiary/aromatic N) is 1. The van der Waals surface area contributed by atoms with Crippen molar-refractivity contribution >= 4 is 27.5 Å². The fourth-order valence-corrected chi connectivity index (χ4v) is 3.79. The predicted molar refractivity (Wildman–Crippen MR) is 114 cm³/mol. The maximum Gasteiger partial charge on any atom is 0.502 e. The zero-order valence-electron chi connectivity index (χ0n) is 16.4. The van der Waals surface area contributed by atoms with Crippen LogP contribution in [0.4, 0.5) is 8.78 Å². The largest absolute Gasteiger partial charge is 0.502 e. The number of thiazole rings is 1.